The molecule has 2 aromatic rings. The summed E-state index contributed by atoms with van der Waals surface area (Å²) < 4.78 is 0. The van der Waals surface area contributed by atoms with Gasteiger partial charge in [-0.3, -0.25) is 0 Å². The first-order valence-corrected chi connectivity index (χ1v) is 7.69. The van der Waals surface area contributed by atoms with Gasteiger partial charge in [-0.15, -0.1) is 11.8 Å². The number of aliphatic hydroxyl groups excluding tert-OH is 1. The molecule has 19 heavy (non-hydrogen) atoms. The summed E-state index contributed by atoms with van der Waals surface area (Å²) in [5.41, 5.74) is 0.980. The zero-order valence-electron chi connectivity index (χ0n) is 10.2. The van der Waals surface area contributed by atoms with Crippen LogP contribution in [0.4, 0.5) is 0 Å². The van der Waals surface area contributed by atoms with E-state index in [1.165, 1.54) is 0 Å². The average Bonchev–Trinajstić information content (AvgIpc) is 2.41. The van der Waals surface area contributed by atoms with E-state index in [1.54, 1.807) is 11.8 Å². The SMILES string of the molecule is OC(CSc1ccc(Cl)cc1)Cc1ccccc1Cl. The summed E-state index contributed by atoms with van der Waals surface area (Å²) in [5, 5.41) is 11.5. The first kappa shape index (κ1) is 14.7. The van der Waals surface area contributed by atoms with Gasteiger partial charge in [0.25, 0.3) is 0 Å². The van der Waals surface area contributed by atoms with E-state index in [-0.39, 0.29) is 0 Å². The Morgan fingerprint density at radius 2 is 1.68 bits per heavy atom. The molecule has 0 spiro atoms. The van der Waals surface area contributed by atoms with E-state index < -0.39 is 6.10 Å². The third-order valence-electron chi connectivity index (χ3n) is 2.67. The van der Waals surface area contributed by atoms with Gasteiger partial charge in [0, 0.05) is 27.1 Å². The maximum atomic E-state index is 10.0. The lowest BCUT2D eigenvalue weighted by atomic mass is 10.1. The van der Waals surface area contributed by atoms with Crippen molar-refractivity contribution in [3.05, 3.63) is 64.1 Å². The van der Waals surface area contributed by atoms with E-state index in [9.17, 15) is 5.11 Å². The summed E-state index contributed by atoms with van der Waals surface area (Å²) in [7, 11) is 0. The number of aliphatic hydroxyl groups is 1. The van der Waals surface area contributed by atoms with Crippen molar-refractivity contribution in [2.75, 3.05) is 5.75 Å². The molecule has 2 aromatic carbocycles. The minimum absolute atomic E-state index is 0.416. The van der Waals surface area contributed by atoms with E-state index in [4.69, 9.17) is 23.2 Å². The zero-order chi connectivity index (χ0) is 13.7. The van der Waals surface area contributed by atoms with Crippen molar-refractivity contribution in [2.45, 2.75) is 17.4 Å². The summed E-state index contributed by atoms with van der Waals surface area (Å²) >= 11 is 13.5. The Hall–Kier alpha value is -0.670. The van der Waals surface area contributed by atoms with Gasteiger partial charge in [0.15, 0.2) is 0 Å². The van der Waals surface area contributed by atoms with Crippen molar-refractivity contribution in [3.8, 4) is 0 Å². The summed E-state index contributed by atoms with van der Waals surface area (Å²) in [5.74, 6) is 0.632. The highest BCUT2D eigenvalue weighted by Crippen LogP contribution is 2.23. The number of hydrogen-bond acceptors (Lipinski definition) is 2. The van der Waals surface area contributed by atoms with Gasteiger partial charge in [-0.1, -0.05) is 41.4 Å². The van der Waals surface area contributed by atoms with Gasteiger partial charge >= 0.3 is 0 Å². The van der Waals surface area contributed by atoms with Crippen LogP contribution in [-0.2, 0) is 6.42 Å². The Bertz CT molecular complexity index is 528. The van der Waals surface area contributed by atoms with Gasteiger partial charge < -0.3 is 5.11 Å². The molecule has 0 amide bonds. The lowest BCUT2D eigenvalue weighted by Gasteiger charge is -2.11. The molecule has 0 saturated carbocycles. The molecule has 0 saturated heterocycles. The third-order valence-corrected chi connectivity index (χ3v) is 4.45. The van der Waals surface area contributed by atoms with Gasteiger partial charge in [0.05, 0.1) is 6.10 Å². The van der Waals surface area contributed by atoms with Crippen molar-refractivity contribution in [2.24, 2.45) is 0 Å². The fourth-order valence-electron chi connectivity index (χ4n) is 1.70. The van der Waals surface area contributed by atoms with Crippen molar-refractivity contribution >= 4 is 35.0 Å². The summed E-state index contributed by atoms with van der Waals surface area (Å²) in [4.78, 5) is 1.10. The van der Waals surface area contributed by atoms with Crippen LogP contribution in [0.15, 0.2) is 53.4 Å². The Morgan fingerprint density at radius 3 is 2.37 bits per heavy atom. The van der Waals surface area contributed by atoms with Crippen LogP contribution in [0.3, 0.4) is 0 Å². The Kier molecular flexibility index (Phi) is 5.59. The normalized spacial score (nSPS) is 12.4. The van der Waals surface area contributed by atoms with Gasteiger partial charge in [-0.05, 0) is 35.9 Å². The second-order valence-corrected chi connectivity index (χ2v) is 6.15. The summed E-state index contributed by atoms with van der Waals surface area (Å²) in [6.07, 6.45) is 0.154. The van der Waals surface area contributed by atoms with Crippen LogP contribution >= 0.6 is 35.0 Å². The van der Waals surface area contributed by atoms with Gasteiger partial charge in [0.2, 0.25) is 0 Å². The molecule has 1 nitrogen and oxygen atoms in total. The highest BCUT2D eigenvalue weighted by atomic mass is 35.5. The number of hydrogen-bond donors (Lipinski definition) is 1. The Labute approximate surface area is 127 Å². The maximum Gasteiger partial charge on any atom is 0.0674 e. The fourth-order valence-corrected chi connectivity index (χ4v) is 2.87. The van der Waals surface area contributed by atoms with Crippen LogP contribution < -0.4 is 0 Å². The smallest absolute Gasteiger partial charge is 0.0674 e. The molecular formula is C15H14Cl2OS. The van der Waals surface area contributed by atoms with Crippen LogP contribution in [0.2, 0.25) is 10.0 Å². The van der Waals surface area contributed by atoms with Crippen LogP contribution in [0.1, 0.15) is 5.56 Å². The first-order chi connectivity index (χ1) is 9.15. The van der Waals surface area contributed by atoms with E-state index in [2.05, 4.69) is 0 Å². The molecule has 0 heterocycles. The van der Waals surface area contributed by atoms with Crippen molar-refractivity contribution in [1.29, 1.82) is 0 Å². The van der Waals surface area contributed by atoms with Crippen LogP contribution in [0.5, 0.6) is 0 Å². The lowest BCUT2D eigenvalue weighted by molar-refractivity contribution is 0.200. The highest BCUT2D eigenvalue weighted by molar-refractivity contribution is 7.99. The molecule has 1 unspecified atom stereocenters. The summed E-state index contributed by atoms with van der Waals surface area (Å²) in [6.45, 7) is 0. The molecule has 2 rings (SSSR count). The van der Waals surface area contributed by atoms with Gasteiger partial charge in [0.1, 0.15) is 0 Å². The standard InChI is InChI=1S/C15H14Cl2OS/c16-12-5-7-14(8-6-12)19-10-13(18)9-11-3-1-2-4-15(11)17/h1-8,13,18H,9-10H2. The van der Waals surface area contributed by atoms with Crippen molar-refractivity contribution < 1.29 is 5.11 Å². The molecule has 0 aromatic heterocycles. The fraction of sp³-hybridized carbons (Fsp3) is 0.200. The molecule has 0 radical (unpaired) electrons. The van der Waals surface area contributed by atoms with Crippen molar-refractivity contribution in [3.63, 3.8) is 0 Å². The Balaban J connectivity index is 1.86. The average molecular weight is 313 g/mol. The summed E-state index contributed by atoms with van der Waals surface area (Å²) in [6, 6.07) is 15.2. The van der Waals surface area contributed by atoms with Crippen LogP contribution in [-0.4, -0.2) is 17.0 Å². The van der Waals surface area contributed by atoms with Crippen LogP contribution in [0, 0.1) is 0 Å². The van der Waals surface area contributed by atoms with E-state index in [1.807, 2.05) is 48.5 Å². The molecule has 1 atom stereocenters. The molecule has 0 aliphatic carbocycles. The topological polar surface area (TPSA) is 20.2 Å². The Morgan fingerprint density at radius 1 is 1.00 bits per heavy atom. The minimum Gasteiger partial charge on any atom is -0.392 e. The molecule has 0 bridgehead atoms. The monoisotopic (exact) mass is 312 g/mol. The van der Waals surface area contributed by atoms with E-state index in [0.29, 0.717) is 17.2 Å². The zero-order valence-corrected chi connectivity index (χ0v) is 12.6. The largest absolute Gasteiger partial charge is 0.392 e. The number of halogens is 2. The second-order valence-electron chi connectivity index (χ2n) is 4.21. The van der Waals surface area contributed by atoms with Crippen LogP contribution in [0.25, 0.3) is 0 Å². The van der Waals surface area contributed by atoms with E-state index in [0.717, 1.165) is 15.5 Å². The molecule has 0 aliphatic rings. The highest BCUT2D eigenvalue weighted by Gasteiger charge is 2.08. The van der Waals surface area contributed by atoms with E-state index >= 15 is 0 Å². The molecule has 100 valence electrons. The molecular weight excluding hydrogens is 299 g/mol. The first-order valence-electron chi connectivity index (χ1n) is 5.95. The number of thioether (sulfide) groups is 1. The predicted octanol–water partition coefficient (Wildman–Crippen LogP) is 4.69. The molecule has 0 aliphatic heterocycles. The maximum absolute atomic E-state index is 10.0. The quantitative estimate of drug-likeness (QED) is 0.808. The predicted molar refractivity (Wildman–Crippen MR) is 83.3 cm³/mol. The number of rotatable bonds is 5. The molecule has 1 N–H and O–H groups in total. The van der Waals surface area contributed by atoms with Gasteiger partial charge in [-0.25, -0.2) is 0 Å². The molecule has 4 heteroatoms. The second kappa shape index (κ2) is 7.20. The van der Waals surface area contributed by atoms with Crippen molar-refractivity contribution in [1.82, 2.24) is 0 Å². The number of benzene rings is 2. The lowest BCUT2D eigenvalue weighted by Crippen LogP contribution is -2.13. The van der Waals surface area contributed by atoms with Gasteiger partial charge in [-0.2, -0.15) is 0 Å². The minimum atomic E-state index is -0.416. The third kappa shape index (κ3) is 4.73. The molecule has 0 fully saturated rings.